The number of hydrogen-bond donors (Lipinski definition) is 0. The molecule has 1 aliphatic heterocycles. The first-order chi connectivity index (χ1) is 12.1. The first-order valence-electron chi connectivity index (χ1n) is 8.73. The zero-order valence-electron chi connectivity index (χ0n) is 15.1. The van der Waals surface area contributed by atoms with Crippen LogP contribution in [0.5, 0.6) is 5.75 Å². The zero-order chi connectivity index (χ0) is 17.8. The van der Waals surface area contributed by atoms with Gasteiger partial charge in [-0.3, -0.25) is 4.79 Å². The summed E-state index contributed by atoms with van der Waals surface area (Å²) in [7, 11) is 1.62. The van der Waals surface area contributed by atoms with Crippen LogP contribution in [0.25, 0.3) is 0 Å². The van der Waals surface area contributed by atoms with E-state index in [1.807, 2.05) is 29.2 Å². The summed E-state index contributed by atoms with van der Waals surface area (Å²) < 4.78 is 11.1. The molecule has 1 amide bonds. The van der Waals surface area contributed by atoms with Crippen molar-refractivity contribution in [2.24, 2.45) is 0 Å². The summed E-state index contributed by atoms with van der Waals surface area (Å²) in [4.78, 5) is 14.6. The molecule has 0 radical (unpaired) electrons. The van der Waals surface area contributed by atoms with E-state index in [0.717, 1.165) is 11.3 Å². The summed E-state index contributed by atoms with van der Waals surface area (Å²) in [6.45, 7) is 6.11. The summed E-state index contributed by atoms with van der Waals surface area (Å²) in [5.74, 6) is 1.30. The fourth-order valence-corrected chi connectivity index (χ4v) is 3.05. The Kier molecular flexibility index (Phi) is 5.39. The minimum absolute atomic E-state index is 0.0368. The van der Waals surface area contributed by atoms with Crippen molar-refractivity contribution in [1.29, 1.82) is 0 Å². The molecule has 3 rings (SSSR count). The molecule has 1 unspecified atom stereocenters. The van der Waals surface area contributed by atoms with Crippen LogP contribution in [0.3, 0.4) is 0 Å². The van der Waals surface area contributed by atoms with Gasteiger partial charge in [0.05, 0.1) is 20.3 Å². The van der Waals surface area contributed by atoms with Gasteiger partial charge in [0.15, 0.2) is 0 Å². The zero-order valence-corrected chi connectivity index (χ0v) is 15.1. The number of hydrogen-bond acceptors (Lipinski definition) is 3. The van der Waals surface area contributed by atoms with Crippen molar-refractivity contribution in [3.63, 3.8) is 0 Å². The lowest BCUT2D eigenvalue weighted by atomic mass is 9.99. The Morgan fingerprint density at radius 3 is 2.40 bits per heavy atom. The molecule has 0 N–H and O–H groups in total. The highest BCUT2D eigenvalue weighted by atomic mass is 16.5. The van der Waals surface area contributed by atoms with E-state index < -0.39 is 0 Å². The van der Waals surface area contributed by atoms with Gasteiger partial charge in [0.1, 0.15) is 11.9 Å². The maximum absolute atomic E-state index is 12.7. The van der Waals surface area contributed by atoms with Gasteiger partial charge >= 0.3 is 0 Å². The van der Waals surface area contributed by atoms with Gasteiger partial charge in [0, 0.05) is 12.1 Å². The van der Waals surface area contributed by atoms with E-state index in [1.165, 1.54) is 5.56 Å². The van der Waals surface area contributed by atoms with E-state index in [4.69, 9.17) is 9.47 Å². The molecule has 132 valence electrons. The maximum Gasteiger partial charge on any atom is 0.254 e. The quantitative estimate of drug-likeness (QED) is 0.844. The normalized spacial score (nSPS) is 17.6. The molecule has 1 heterocycles. The van der Waals surface area contributed by atoms with Crippen molar-refractivity contribution in [2.75, 3.05) is 26.8 Å². The molecular formula is C21H25NO3. The van der Waals surface area contributed by atoms with Crippen LogP contribution in [-0.2, 0) is 4.74 Å². The fourth-order valence-electron chi connectivity index (χ4n) is 3.05. The van der Waals surface area contributed by atoms with Gasteiger partial charge in [-0.05, 0) is 41.3 Å². The third kappa shape index (κ3) is 4.02. The highest BCUT2D eigenvalue weighted by Gasteiger charge is 2.26. The van der Waals surface area contributed by atoms with E-state index in [-0.39, 0.29) is 12.0 Å². The molecule has 0 aliphatic carbocycles. The Morgan fingerprint density at radius 2 is 1.80 bits per heavy atom. The monoisotopic (exact) mass is 339 g/mol. The SMILES string of the molecule is COc1ccc(C(=O)N2CCOC(c3ccc(C(C)C)cc3)C2)cc1. The predicted molar refractivity (Wildman–Crippen MR) is 98.1 cm³/mol. The Balaban J connectivity index is 1.70. The van der Waals surface area contributed by atoms with E-state index in [9.17, 15) is 4.79 Å². The second-order valence-corrected chi connectivity index (χ2v) is 6.66. The Labute approximate surface area is 149 Å². The van der Waals surface area contributed by atoms with Gasteiger partial charge in [-0.15, -0.1) is 0 Å². The molecule has 1 saturated heterocycles. The molecule has 25 heavy (non-hydrogen) atoms. The number of methoxy groups -OCH3 is 1. The van der Waals surface area contributed by atoms with E-state index in [1.54, 1.807) is 7.11 Å². The number of rotatable bonds is 4. The molecule has 2 aromatic rings. The van der Waals surface area contributed by atoms with Crippen LogP contribution in [0.2, 0.25) is 0 Å². The highest BCUT2D eigenvalue weighted by molar-refractivity contribution is 5.94. The summed E-state index contributed by atoms with van der Waals surface area (Å²) in [6, 6.07) is 15.8. The van der Waals surface area contributed by atoms with Crippen LogP contribution in [0.15, 0.2) is 48.5 Å². The Morgan fingerprint density at radius 1 is 1.12 bits per heavy atom. The largest absolute Gasteiger partial charge is 0.497 e. The fraction of sp³-hybridized carbons (Fsp3) is 0.381. The molecule has 0 saturated carbocycles. The standard InChI is InChI=1S/C21H25NO3/c1-15(2)16-4-6-17(7-5-16)20-14-22(12-13-25-20)21(23)18-8-10-19(24-3)11-9-18/h4-11,15,20H,12-14H2,1-3H3. The minimum Gasteiger partial charge on any atom is -0.497 e. The van der Waals surface area contributed by atoms with Crippen LogP contribution in [0.1, 0.15) is 47.4 Å². The summed E-state index contributed by atoms with van der Waals surface area (Å²) in [6.07, 6.45) is -0.0721. The summed E-state index contributed by atoms with van der Waals surface area (Å²) in [5.41, 5.74) is 3.11. The average Bonchev–Trinajstić information content (AvgIpc) is 2.67. The minimum atomic E-state index is -0.0721. The lowest BCUT2D eigenvalue weighted by Gasteiger charge is -2.33. The van der Waals surface area contributed by atoms with Crippen molar-refractivity contribution < 1.29 is 14.3 Å². The molecular weight excluding hydrogens is 314 g/mol. The number of carbonyl (C=O) groups is 1. The third-order valence-electron chi connectivity index (χ3n) is 4.67. The lowest BCUT2D eigenvalue weighted by molar-refractivity contribution is -0.0228. The smallest absolute Gasteiger partial charge is 0.254 e. The number of morpholine rings is 1. The van der Waals surface area contributed by atoms with Crippen LogP contribution in [0.4, 0.5) is 0 Å². The van der Waals surface area contributed by atoms with E-state index in [2.05, 4.69) is 38.1 Å². The molecule has 0 aromatic heterocycles. The number of benzene rings is 2. The van der Waals surface area contributed by atoms with Crippen molar-refractivity contribution in [1.82, 2.24) is 4.90 Å². The first kappa shape index (κ1) is 17.5. The Hall–Kier alpha value is -2.33. The highest BCUT2D eigenvalue weighted by Crippen LogP contribution is 2.25. The molecule has 4 nitrogen and oxygen atoms in total. The number of ether oxygens (including phenoxy) is 2. The van der Waals surface area contributed by atoms with Gasteiger partial charge < -0.3 is 14.4 Å². The number of amides is 1. The molecule has 0 bridgehead atoms. The third-order valence-corrected chi connectivity index (χ3v) is 4.67. The van der Waals surface area contributed by atoms with E-state index in [0.29, 0.717) is 31.2 Å². The van der Waals surface area contributed by atoms with Gasteiger partial charge in [0.25, 0.3) is 5.91 Å². The molecule has 4 heteroatoms. The first-order valence-corrected chi connectivity index (χ1v) is 8.73. The van der Waals surface area contributed by atoms with Gasteiger partial charge in [-0.1, -0.05) is 38.1 Å². The predicted octanol–water partition coefficient (Wildman–Crippen LogP) is 4.03. The molecule has 2 aromatic carbocycles. The molecule has 1 atom stereocenters. The summed E-state index contributed by atoms with van der Waals surface area (Å²) >= 11 is 0. The van der Waals surface area contributed by atoms with Crippen LogP contribution < -0.4 is 4.74 Å². The van der Waals surface area contributed by atoms with Crippen molar-refractivity contribution >= 4 is 5.91 Å². The van der Waals surface area contributed by atoms with Crippen molar-refractivity contribution in [2.45, 2.75) is 25.9 Å². The molecule has 1 fully saturated rings. The summed E-state index contributed by atoms with van der Waals surface area (Å²) in [5, 5.41) is 0. The maximum atomic E-state index is 12.7. The molecule has 1 aliphatic rings. The van der Waals surface area contributed by atoms with Gasteiger partial charge in [0.2, 0.25) is 0 Å². The van der Waals surface area contributed by atoms with Crippen LogP contribution >= 0.6 is 0 Å². The van der Waals surface area contributed by atoms with E-state index >= 15 is 0 Å². The van der Waals surface area contributed by atoms with Gasteiger partial charge in [-0.2, -0.15) is 0 Å². The van der Waals surface area contributed by atoms with Gasteiger partial charge in [-0.25, -0.2) is 0 Å². The van der Waals surface area contributed by atoms with Crippen molar-refractivity contribution in [3.8, 4) is 5.75 Å². The lowest BCUT2D eigenvalue weighted by Crippen LogP contribution is -2.42. The van der Waals surface area contributed by atoms with Crippen molar-refractivity contribution in [3.05, 3.63) is 65.2 Å². The number of carbonyl (C=O) groups excluding carboxylic acids is 1. The average molecular weight is 339 g/mol. The van der Waals surface area contributed by atoms with Crippen LogP contribution in [0, 0.1) is 0 Å². The Bertz CT molecular complexity index is 707. The second-order valence-electron chi connectivity index (χ2n) is 6.66. The van der Waals surface area contributed by atoms with Crippen LogP contribution in [-0.4, -0.2) is 37.6 Å². The number of nitrogens with zero attached hydrogens (tertiary/aromatic N) is 1. The topological polar surface area (TPSA) is 38.8 Å². The second kappa shape index (κ2) is 7.70. The molecule has 0 spiro atoms.